The first-order valence-electron chi connectivity index (χ1n) is 5.39. The molecule has 1 rings (SSSR count). The van der Waals surface area contributed by atoms with Crippen LogP contribution in [0.25, 0.3) is 0 Å². The third-order valence-corrected chi connectivity index (χ3v) is 4.56. The molecule has 0 aliphatic heterocycles. The summed E-state index contributed by atoms with van der Waals surface area (Å²) in [5.74, 6) is -0.983. The van der Waals surface area contributed by atoms with Gasteiger partial charge in [-0.05, 0) is 25.3 Å². The van der Waals surface area contributed by atoms with Gasteiger partial charge in [-0.1, -0.05) is 17.7 Å². The highest BCUT2D eigenvalue weighted by molar-refractivity contribution is 8.03. The number of nitriles is 1. The molecular weight excluding hydrogens is 298 g/mol. The van der Waals surface area contributed by atoms with Crippen molar-refractivity contribution in [3.05, 3.63) is 40.4 Å². The van der Waals surface area contributed by atoms with Crippen molar-refractivity contribution in [2.24, 2.45) is 5.73 Å². The maximum Gasteiger partial charge on any atom is 0.262 e. The number of carbonyl (C=O) groups excluding carboxylic acids is 1. The minimum Gasteiger partial charge on any atom is -0.365 e. The summed E-state index contributed by atoms with van der Waals surface area (Å²) < 4.78 is 26.5. The number of nitrogens with two attached hydrogens (primary N) is 1. The molecule has 1 amide bonds. The number of carbonyl (C=O) groups is 1. The van der Waals surface area contributed by atoms with E-state index in [-0.39, 0.29) is 9.92 Å². The Morgan fingerprint density at radius 1 is 1.35 bits per heavy atom. The van der Waals surface area contributed by atoms with Crippen LogP contribution in [0.1, 0.15) is 5.56 Å². The number of hydrogen-bond acceptors (Lipinski definition) is 5. The van der Waals surface area contributed by atoms with Gasteiger partial charge in [0.1, 0.15) is 16.7 Å². The Bertz CT molecular complexity index is 686. The first kappa shape index (κ1) is 16.1. The van der Waals surface area contributed by atoms with Gasteiger partial charge < -0.3 is 5.73 Å². The molecule has 0 heterocycles. The van der Waals surface area contributed by atoms with E-state index in [0.717, 1.165) is 17.3 Å². The molecule has 8 heteroatoms. The summed E-state index contributed by atoms with van der Waals surface area (Å²) in [6.07, 6.45) is 1.53. The highest BCUT2D eigenvalue weighted by Gasteiger charge is 2.19. The van der Waals surface area contributed by atoms with Crippen molar-refractivity contribution >= 4 is 27.7 Å². The second-order valence-electron chi connectivity index (χ2n) is 3.80. The van der Waals surface area contributed by atoms with Gasteiger partial charge in [-0.25, -0.2) is 8.42 Å². The van der Waals surface area contributed by atoms with E-state index in [0.29, 0.717) is 0 Å². The summed E-state index contributed by atoms with van der Waals surface area (Å²) in [5.41, 5.74) is 5.53. The summed E-state index contributed by atoms with van der Waals surface area (Å²) in [6.45, 7) is 1.83. The molecule has 0 atom stereocenters. The molecule has 0 radical (unpaired) electrons. The van der Waals surface area contributed by atoms with E-state index in [1.165, 1.54) is 18.4 Å². The third kappa shape index (κ3) is 3.76. The van der Waals surface area contributed by atoms with E-state index in [1.54, 1.807) is 18.2 Å². The van der Waals surface area contributed by atoms with E-state index in [1.807, 2.05) is 6.92 Å². The van der Waals surface area contributed by atoms with Crippen molar-refractivity contribution < 1.29 is 13.2 Å². The van der Waals surface area contributed by atoms with Gasteiger partial charge in [-0.15, -0.1) is 11.8 Å². The lowest BCUT2D eigenvalue weighted by molar-refractivity contribution is -0.114. The van der Waals surface area contributed by atoms with E-state index in [2.05, 4.69) is 4.72 Å². The lowest BCUT2D eigenvalue weighted by Crippen LogP contribution is -2.26. The van der Waals surface area contributed by atoms with Crippen molar-refractivity contribution in [2.45, 2.75) is 11.8 Å². The summed E-state index contributed by atoms with van der Waals surface area (Å²) in [7, 11) is -3.86. The Morgan fingerprint density at radius 3 is 2.30 bits per heavy atom. The van der Waals surface area contributed by atoms with E-state index < -0.39 is 21.5 Å². The SMILES string of the molecule is CS/C(NS(=O)(=O)c1ccc(C)cc1)=C(/C#N)C(N)=O. The maximum atomic E-state index is 12.1. The van der Waals surface area contributed by atoms with Crippen molar-refractivity contribution in [2.75, 3.05) is 6.26 Å². The van der Waals surface area contributed by atoms with E-state index in [9.17, 15) is 13.2 Å². The van der Waals surface area contributed by atoms with Crippen LogP contribution >= 0.6 is 11.8 Å². The predicted octanol–water partition coefficient (Wildman–Crippen LogP) is 0.857. The number of hydrogen-bond donors (Lipinski definition) is 2. The molecule has 6 nitrogen and oxygen atoms in total. The van der Waals surface area contributed by atoms with Gasteiger partial charge in [0.05, 0.1) is 4.90 Å². The molecule has 106 valence electrons. The van der Waals surface area contributed by atoms with Crippen LogP contribution in [-0.4, -0.2) is 20.6 Å². The normalized spacial score (nSPS) is 12.2. The molecule has 0 spiro atoms. The Kier molecular flexibility index (Phi) is 5.19. The Morgan fingerprint density at radius 2 is 1.90 bits per heavy atom. The van der Waals surface area contributed by atoms with Crippen LogP contribution in [0.4, 0.5) is 0 Å². The smallest absolute Gasteiger partial charge is 0.262 e. The maximum absolute atomic E-state index is 12.1. The van der Waals surface area contributed by atoms with E-state index >= 15 is 0 Å². The number of rotatable bonds is 5. The monoisotopic (exact) mass is 311 g/mol. The first-order valence-corrected chi connectivity index (χ1v) is 8.10. The standard InChI is InChI=1S/C12H13N3O3S2/c1-8-3-5-9(6-4-8)20(17,18)15-12(19-2)10(7-13)11(14)16/h3-6,15H,1-2H3,(H2,14,16)/b12-10-. The van der Waals surface area contributed by atoms with Crippen LogP contribution in [0, 0.1) is 18.3 Å². The first-order chi connectivity index (χ1) is 9.31. The van der Waals surface area contributed by atoms with Crippen LogP contribution in [0.5, 0.6) is 0 Å². The molecule has 20 heavy (non-hydrogen) atoms. The minimum absolute atomic E-state index is 0.0383. The zero-order chi connectivity index (χ0) is 15.3. The number of primary amides is 1. The second kappa shape index (κ2) is 6.45. The summed E-state index contributed by atoms with van der Waals surface area (Å²) in [5, 5.41) is 8.75. The van der Waals surface area contributed by atoms with Gasteiger partial charge in [-0.2, -0.15) is 5.26 Å². The number of benzene rings is 1. The van der Waals surface area contributed by atoms with Crippen molar-refractivity contribution in [1.82, 2.24) is 4.72 Å². The van der Waals surface area contributed by atoms with E-state index in [4.69, 9.17) is 11.0 Å². The molecule has 1 aromatic rings. The zero-order valence-electron chi connectivity index (χ0n) is 10.9. The fourth-order valence-corrected chi connectivity index (χ4v) is 3.28. The van der Waals surface area contributed by atoms with Crippen molar-refractivity contribution in [1.29, 1.82) is 5.26 Å². The predicted molar refractivity (Wildman–Crippen MR) is 76.8 cm³/mol. The quantitative estimate of drug-likeness (QED) is 0.618. The molecule has 0 saturated heterocycles. The number of nitrogens with zero attached hydrogens (tertiary/aromatic N) is 1. The van der Waals surface area contributed by atoms with Crippen LogP contribution in [0.3, 0.4) is 0 Å². The fourth-order valence-electron chi connectivity index (χ4n) is 1.31. The molecule has 0 fully saturated rings. The summed E-state index contributed by atoms with van der Waals surface area (Å²) in [6, 6.07) is 7.76. The molecule has 1 aromatic carbocycles. The Balaban J connectivity index is 3.22. The van der Waals surface area contributed by atoms with Gasteiger partial charge in [0.25, 0.3) is 15.9 Å². The molecule has 3 N–H and O–H groups in total. The number of nitrogens with one attached hydrogen (secondary N) is 1. The molecule has 0 bridgehead atoms. The fraction of sp³-hybridized carbons (Fsp3) is 0.167. The second-order valence-corrected chi connectivity index (χ2v) is 6.30. The van der Waals surface area contributed by atoms with Gasteiger partial charge in [0.15, 0.2) is 0 Å². The molecule has 0 unspecified atom stereocenters. The molecule has 0 aliphatic rings. The topological polar surface area (TPSA) is 113 Å². The molecule has 0 aliphatic carbocycles. The Labute approximate surface area is 121 Å². The number of thioether (sulfide) groups is 1. The zero-order valence-corrected chi connectivity index (χ0v) is 12.5. The molecule has 0 aromatic heterocycles. The lowest BCUT2D eigenvalue weighted by atomic mass is 10.2. The Hall–Kier alpha value is -1.98. The lowest BCUT2D eigenvalue weighted by Gasteiger charge is -2.10. The van der Waals surface area contributed by atoms with Crippen LogP contribution in [0.15, 0.2) is 39.8 Å². The van der Waals surface area contributed by atoms with Gasteiger partial charge in [0.2, 0.25) is 0 Å². The van der Waals surface area contributed by atoms with Gasteiger partial charge in [-0.3, -0.25) is 9.52 Å². The summed E-state index contributed by atoms with van der Waals surface area (Å²) >= 11 is 0.922. The van der Waals surface area contributed by atoms with Gasteiger partial charge >= 0.3 is 0 Å². The average Bonchev–Trinajstić information content (AvgIpc) is 2.38. The number of sulfonamides is 1. The van der Waals surface area contributed by atoms with Crippen LogP contribution in [-0.2, 0) is 14.8 Å². The highest BCUT2D eigenvalue weighted by Crippen LogP contribution is 2.18. The van der Waals surface area contributed by atoms with Crippen LogP contribution in [0.2, 0.25) is 0 Å². The van der Waals surface area contributed by atoms with Crippen LogP contribution < -0.4 is 10.5 Å². The van der Waals surface area contributed by atoms with Crippen molar-refractivity contribution in [3.8, 4) is 6.07 Å². The largest absolute Gasteiger partial charge is 0.365 e. The highest BCUT2D eigenvalue weighted by atomic mass is 32.2. The molecular formula is C12H13N3O3S2. The van der Waals surface area contributed by atoms with Gasteiger partial charge in [0, 0.05) is 0 Å². The minimum atomic E-state index is -3.86. The third-order valence-electron chi connectivity index (χ3n) is 2.35. The number of amides is 1. The van der Waals surface area contributed by atoms with Crippen molar-refractivity contribution in [3.63, 3.8) is 0 Å². The summed E-state index contributed by atoms with van der Waals surface area (Å²) in [4.78, 5) is 11.1. The number of aryl methyl sites for hydroxylation is 1. The average molecular weight is 311 g/mol. The molecule has 0 saturated carbocycles.